The zero-order valence-corrected chi connectivity index (χ0v) is 28.1. The van der Waals surface area contributed by atoms with E-state index in [4.69, 9.17) is 31.0 Å². The highest BCUT2D eigenvalue weighted by Crippen LogP contribution is 2.27. The molecule has 2 aliphatic heterocycles. The number of carbonyl (C=O) groups is 1. The average Bonchev–Trinajstić information content (AvgIpc) is 3.64. The third-order valence-electron chi connectivity index (χ3n) is 9.25. The number of ether oxygens (including phenoxy) is 2. The number of hydrogen-bond donors (Lipinski definition) is 2. The summed E-state index contributed by atoms with van der Waals surface area (Å²) in [5, 5.41) is 11.3. The van der Waals surface area contributed by atoms with Gasteiger partial charge in [-0.3, -0.25) is 14.8 Å². The summed E-state index contributed by atoms with van der Waals surface area (Å²) in [4.78, 5) is 29.7. The number of anilines is 1. The Morgan fingerprint density at radius 1 is 1.16 bits per heavy atom. The minimum atomic E-state index is -0.407. The van der Waals surface area contributed by atoms with Gasteiger partial charge in [0.1, 0.15) is 24.1 Å². The number of imidazole rings is 1. The van der Waals surface area contributed by atoms with Crippen molar-refractivity contribution in [3.8, 4) is 5.88 Å². The number of nitrogens with one attached hydrogen (secondary N) is 2. The average molecular weight is 693 g/mol. The molecule has 13 heteroatoms. The zero-order chi connectivity index (χ0) is 34.2. The topological polar surface area (TPSA) is 123 Å². The maximum atomic E-state index is 14.2. The van der Waals surface area contributed by atoms with Gasteiger partial charge in [-0.05, 0) is 67.8 Å². The number of nitrogens with zero attached hydrogens (tertiary/aromatic N) is 6. The molecule has 50 heavy (non-hydrogen) atoms. The standard InChI is InChI=1S/C37H34ClFN8O3/c1-22-28-17-34(40-18-32(28)45-44-22)43-37(48)24-6-8-33-31(15-24)41-35(47(33)19-27-11-14-49-27)20-46-12-9-23(10-13-46)30-3-2-4-36(42-30)50-21-25-5-7-26(38)16-29(25)39/h2-9,15-18,27H,10-14,19-21H2,1H3,(H,44,45)(H,40,43,48)/t27-/m0/s1. The maximum absolute atomic E-state index is 14.2. The Bertz CT molecular complexity index is 2260. The van der Waals surface area contributed by atoms with Crippen molar-refractivity contribution in [1.82, 2.24) is 34.6 Å². The van der Waals surface area contributed by atoms with E-state index in [1.165, 1.54) is 6.07 Å². The fraction of sp³-hybridized carbons (Fsp3) is 0.270. The van der Waals surface area contributed by atoms with Crippen LogP contribution < -0.4 is 10.1 Å². The second-order valence-electron chi connectivity index (χ2n) is 12.6. The summed E-state index contributed by atoms with van der Waals surface area (Å²) in [6, 6.07) is 17.6. The van der Waals surface area contributed by atoms with E-state index in [9.17, 15) is 9.18 Å². The van der Waals surface area contributed by atoms with Gasteiger partial charge in [0, 0.05) is 47.3 Å². The van der Waals surface area contributed by atoms with Crippen molar-refractivity contribution in [3.05, 3.63) is 112 Å². The Morgan fingerprint density at radius 3 is 2.86 bits per heavy atom. The van der Waals surface area contributed by atoms with Crippen LogP contribution in [-0.4, -0.2) is 66.3 Å². The van der Waals surface area contributed by atoms with Crippen LogP contribution >= 0.6 is 11.6 Å². The molecular formula is C37H34ClFN8O3. The summed E-state index contributed by atoms with van der Waals surface area (Å²) in [6.07, 6.45) is 5.81. The highest BCUT2D eigenvalue weighted by atomic mass is 35.5. The Balaban J connectivity index is 0.965. The molecular weight excluding hydrogens is 659 g/mol. The molecule has 0 aliphatic carbocycles. The fourth-order valence-electron chi connectivity index (χ4n) is 6.33. The van der Waals surface area contributed by atoms with E-state index in [1.54, 1.807) is 24.4 Å². The third-order valence-corrected chi connectivity index (χ3v) is 9.49. The number of aromatic amines is 1. The molecule has 1 fully saturated rings. The van der Waals surface area contributed by atoms with Gasteiger partial charge in [0.2, 0.25) is 5.88 Å². The SMILES string of the molecule is Cc1n[nH]c2cnc(NC(=O)c3ccc4c(c3)nc(CN3CC=C(c5cccc(OCc6ccc(Cl)cc6F)n5)CC3)n4C[C@@H]3CCO3)cc12. The number of benzene rings is 2. The lowest BCUT2D eigenvalue weighted by Crippen LogP contribution is -2.33. The number of fused-ring (bicyclic) bond motifs is 2. The molecule has 6 heterocycles. The van der Waals surface area contributed by atoms with Crippen LogP contribution in [0.1, 0.15) is 46.0 Å². The van der Waals surface area contributed by atoms with Gasteiger partial charge >= 0.3 is 0 Å². The Labute approximate surface area is 292 Å². The van der Waals surface area contributed by atoms with Crippen molar-refractivity contribution < 1.29 is 18.7 Å². The molecule has 6 aromatic rings. The molecule has 254 valence electrons. The minimum Gasteiger partial charge on any atom is -0.473 e. The van der Waals surface area contributed by atoms with Crippen molar-refractivity contribution in [3.63, 3.8) is 0 Å². The normalized spacial score (nSPS) is 16.4. The molecule has 1 saturated heterocycles. The molecule has 0 saturated carbocycles. The zero-order valence-electron chi connectivity index (χ0n) is 27.3. The lowest BCUT2D eigenvalue weighted by molar-refractivity contribution is -0.0591. The number of rotatable bonds is 10. The molecule has 8 rings (SSSR count). The van der Waals surface area contributed by atoms with Crippen LogP contribution in [0.5, 0.6) is 5.88 Å². The lowest BCUT2D eigenvalue weighted by Gasteiger charge is -2.29. The molecule has 1 amide bonds. The summed E-state index contributed by atoms with van der Waals surface area (Å²) < 4.78 is 28.1. The number of carbonyl (C=O) groups excluding carboxylic acids is 1. The Kier molecular flexibility index (Phi) is 8.73. The van der Waals surface area contributed by atoms with Crippen molar-refractivity contribution in [1.29, 1.82) is 0 Å². The molecule has 2 aliphatic rings. The summed E-state index contributed by atoms with van der Waals surface area (Å²) >= 11 is 5.87. The summed E-state index contributed by atoms with van der Waals surface area (Å²) in [6.45, 7) is 5.63. The van der Waals surface area contributed by atoms with Gasteiger partial charge in [0.25, 0.3) is 5.91 Å². The quantitative estimate of drug-likeness (QED) is 0.162. The number of aryl methyl sites for hydroxylation is 1. The second-order valence-corrected chi connectivity index (χ2v) is 13.0. The van der Waals surface area contributed by atoms with Crippen molar-refractivity contribution in [2.24, 2.45) is 0 Å². The first-order chi connectivity index (χ1) is 24.4. The fourth-order valence-corrected chi connectivity index (χ4v) is 6.49. The van der Waals surface area contributed by atoms with Gasteiger partial charge in [-0.15, -0.1) is 0 Å². The maximum Gasteiger partial charge on any atom is 0.256 e. The largest absolute Gasteiger partial charge is 0.473 e. The van der Waals surface area contributed by atoms with Crippen LogP contribution in [0, 0.1) is 12.7 Å². The van der Waals surface area contributed by atoms with Crippen LogP contribution in [0.3, 0.4) is 0 Å². The summed E-state index contributed by atoms with van der Waals surface area (Å²) in [5.74, 6) is 1.16. The van der Waals surface area contributed by atoms with Crippen LogP contribution in [0.4, 0.5) is 10.2 Å². The van der Waals surface area contributed by atoms with Crippen LogP contribution in [-0.2, 0) is 24.4 Å². The number of amides is 1. The van der Waals surface area contributed by atoms with E-state index in [0.717, 1.165) is 77.3 Å². The molecule has 0 spiro atoms. The van der Waals surface area contributed by atoms with E-state index >= 15 is 0 Å². The Morgan fingerprint density at radius 2 is 2.06 bits per heavy atom. The van der Waals surface area contributed by atoms with Gasteiger partial charge in [-0.2, -0.15) is 5.10 Å². The van der Waals surface area contributed by atoms with Crippen molar-refractivity contribution in [2.45, 2.75) is 45.6 Å². The predicted molar refractivity (Wildman–Crippen MR) is 189 cm³/mol. The molecule has 11 nitrogen and oxygen atoms in total. The third kappa shape index (κ3) is 6.69. The molecule has 4 aromatic heterocycles. The van der Waals surface area contributed by atoms with Gasteiger partial charge < -0.3 is 19.4 Å². The first-order valence-electron chi connectivity index (χ1n) is 16.5. The smallest absolute Gasteiger partial charge is 0.256 e. The van der Waals surface area contributed by atoms with Crippen LogP contribution in [0.15, 0.2) is 72.9 Å². The number of hydrogen-bond acceptors (Lipinski definition) is 8. The molecule has 0 bridgehead atoms. The molecule has 0 unspecified atom stereocenters. The molecule has 1 atom stereocenters. The van der Waals surface area contributed by atoms with E-state index in [2.05, 4.69) is 36.0 Å². The first kappa shape index (κ1) is 32.1. The first-order valence-corrected chi connectivity index (χ1v) is 16.9. The minimum absolute atomic E-state index is 0.0601. The van der Waals surface area contributed by atoms with Crippen LogP contribution in [0.25, 0.3) is 27.5 Å². The van der Waals surface area contributed by atoms with Gasteiger partial charge in [0.15, 0.2) is 0 Å². The van der Waals surface area contributed by atoms with Gasteiger partial charge in [-0.1, -0.05) is 29.8 Å². The number of pyridine rings is 2. The predicted octanol–water partition coefficient (Wildman–Crippen LogP) is 6.71. The molecule has 0 radical (unpaired) electrons. The molecule has 2 aromatic carbocycles. The summed E-state index contributed by atoms with van der Waals surface area (Å²) in [5.41, 5.74) is 6.27. The highest BCUT2D eigenvalue weighted by molar-refractivity contribution is 6.30. The van der Waals surface area contributed by atoms with E-state index in [0.29, 0.717) is 40.9 Å². The second kappa shape index (κ2) is 13.6. The van der Waals surface area contributed by atoms with Crippen LogP contribution in [0.2, 0.25) is 5.02 Å². The van der Waals surface area contributed by atoms with Crippen molar-refractivity contribution in [2.75, 3.05) is 25.0 Å². The number of halogens is 2. The van der Waals surface area contributed by atoms with E-state index in [1.807, 2.05) is 43.3 Å². The van der Waals surface area contributed by atoms with Gasteiger partial charge in [-0.25, -0.2) is 19.3 Å². The van der Waals surface area contributed by atoms with E-state index in [-0.39, 0.29) is 18.6 Å². The Hall–Kier alpha value is -5.17. The van der Waals surface area contributed by atoms with Crippen molar-refractivity contribution >= 4 is 50.8 Å². The number of aromatic nitrogens is 6. The molecule has 2 N–H and O–H groups in total. The van der Waals surface area contributed by atoms with Gasteiger partial charge in [0.05, 0.1) is 53.3 Å². The highest BCUT2D eigenvalue weighted by Gasteiger charge is 2.24. The summed E-state index contributed by atoms with van der Waals surface area (Å²) in [7, 11) is 0. The number of H-pyrrole nitrogens is 1. The lowest BCUT2D eigenvalue weighted by atomic mass is 10.0. The van der Waals surface area contributed by atoms with E-state index < -0.39 is 5.82 Å². The monoisotopic (exact) mass is 692 g/mol.